The molecule has 1 aliphatic rings. The van der Waals surface area contributed by atoms with Crippen LogP contribution in [0.4, 0.5) is 0 Å². The normalized spacial score (nSPS) is 22.8. The summed E-state index contributed by atoms with van der Waals surface area (Å²) in [5.41, 5.74) is 2.13. The fraction of sp³-hybridized carbons (Fsp3) is 0.643. The second kappa shape index (κ2) is 5.98. The number of ether oxygens (including phenoxy) is 1. The van der Waals surface area contributed by atoms with E-state index in [9.17, 15) is 5.26 Å². The van der Waals surface area contributed by atoms with E-state index in [2.05, 4.69) is 21.6 Å². The van der Waals surface area contributed by atoms with E-state index in [0.29, 0.717) is 17.5 Å². The van der Waals surface area contributed by atoms with Gasteiger partial charge in [0.15, 0.2) is 0 Å². The van der Waals surface area contributed by atoms with Gasteiger partial charge in [-0.1, -0.05) is 6.42 Å². The highest BCUT2D eigenvalue weighted by Gasteiger charge is 2.27. The number of rotatable bonds is 3. The van der Waals surface area contributed by atoms with Gasteiger partial charge in [-0.2, -0.15) is 10.4 Å². The molecule has 5 nitrogen and oxygen atoms in total. The Bertz CT molecular complexity index is 495. The number of aryl methyl sites for hydroxylation is 1. The van der Waals surface area contributed by atoms with Crippen LogP contribution in [0.15, 0.2) is 0 Å². The molecule has 0 bridgehead atoms. The first-order chi connectivity index (χ1) is 9.17. The molecule has 1 N–H and O–H groups in total. The summed E-state index contributed by atoms with van der Waals surface area (Å²) < 4.78 is 5.96. The van der Waals surface area contributed by atoms with Gasteiger partial charge in [0.2, 0.25) is 0 Å². The largest absolute Gasteiger partial charge is 0.471 e. The van der Waals surface area contributed by atoms with Gasteiger partial charge < -0.3 is 10.1 Å². The maximum absolute atomic E-state index is 9.26. The summed E-state index contributed by atoms with van der Waals surface area (Å²) >= 11 is 0. The summed E-state index contributed by atoms with van der Waals surface area (Å²) in [5.74, 6) is 0.373. The minimum atomic E-state index is 0.0715. The zero-order chi connectivity index (χ0) is 13.8. The summed E-state index contributed by atoms with van der Waals surface area (Å²) in [5, 5.41) is 20.7. The van der Waals surface area contributed by atoms with Gasteiger partial charge in [0.05, 0.1) is 5.69 Å². The molecule has 2 atom stereocenters. The number of likely N-dealkylation sites (N-methyl/N-ethyl adjacent to an activating group) is 1. The van der Waals surface area contributed by atoms with Crippen molar-refractivity contribution < 1.29 is 4.74 Å². The lowest BCUT2D eigenvalue weighted by atomic mass is 9.92. The third kappa shape index (κ3) is 2.85. The average molecular weight is 260 g/mol. The predicted molar refractivity (Wildman–Crippen MR) is 72.0 cm³/mol. The van der Waals surface area contributed by atoms with Gasteiger partial charge in [0.25, 0.3) is 5.88 Å². The van der Waals surface area contributed by atoms with Crippen LogP contribution in [-0.2, 0) is 0 Å². The van der Waals surface area contributed by atoms with Crippen LogP contribution in [0, 0.1) is 25.2 Å². The molecule has 1 aromatic rings. The van der Waals surface area contributed by atoms with Crippen molar-refractivity contribution in [2.45, 2.75) is 51.7 Å². The molecule has 0 aliphatic heterocycles. The molecular formula is C14H20N4O. The Hall–Kier alpha value is -1.67. The smallest absolute Gasteiger partial charge is 0.252 e. The van der Waals surface area contributed by atoms with E-state index in [1.54, 1.807) is 0 Å². The molecule has 0 aromatic carbocycles. The van der Waals surface area contributed by atoms with Crippen molar-refractivity contribution in [2.24, 2.45) is 0 Å². The van der Waals surface area contributed by atoms with Crippen LogP contribution in [0.5, 0.6) is 5.88 Å². The van der Waals surface area contributed by atoms with Gasteiger partial charge in [0, 0.05) is 6.04 Å². The maximum atomic E-state index is 9.26. The average Bonchev–Trinajstić information content (AvgIpc) is 2.44. The van der Waals surface area contributed by atoms with Crippen LogP contribution in [0.1, 0.15) is 42.5 Å². The lowest BCUT2D eigenvalue weighted by molar-refractivity contribution is 0.111. The zero-order valence-electron chi connectivity index (χ0n) is 11.7. The van der Waals surface area contributed by atoms with Crippen LogP contribution in [0.25, 0.3) is 0 Å². The van der Waals surface area contributed by atoms with E-state index >= 15 is 0 Å². The number of aromatic nitrogens is 2. The highest BCUT2D eigenvalue weighted by atomic mass is 16.5. The van der Waals surface area contributed by atoms with Crippen molar-refractivity contribution >= 4 is 0 Å². The first-order valence-corrected chi connectivity index (χ1v) is 6.75. The van der Waals surface area contributed by atoms with Gasteiger partial charge in [-0.15, -0.1) is 5.10 Å². The summed E-state index contributed by atoms with van der Waals surface area (Å²) in [6.45, 7) is 3.73. The van der Waals surface area contributed by atoms with Crippen molar-refractivity contribution in [2.75, 3.05) is 7.05 Å². The second-order valence-corrected chi connectivity index (χ2v) is 5.04. The molecule has 1 saturated carbocycles. The summed E-state index contributed by atoms with van der Waals surface area (Å²) in [6.07, 6.45) is 4.53. The fourth-order valence-electron chi connectivity index (χ4n) is 2.51. The molecule has 1 aliphatic carbocycles. The molecule has 1 heterocycles. The summed E-state index contributed by atoms with van der Waals surface area (Å²) in [6, 6.07) is 2.50. The number of nitrogens with one attached hydrogen (secondary N) is 1. The lowest BCUT2D eigenvalue weighted by Crippen LogP contribution is -2.43. The molecule has 19 heavy (non-hydrogen) atoms. The summed E-state index contributed by atoms with van der Waals surface area (Å²) in [7, 11) is 1.95. The lowest BCUT2D eigenvalue weighted by Gasteiger charge is -2.31. The van der Waals surface area contributed by atoms with E-state index < -0.39 is 0 Å². The second-order valence-electron chi connectivity index (χ2n) is 5.04. The number of hydrogen-bond donors (Lipinski definition) is 1. The molecule has 1 fully saturated rings. The fourth-order valence-corrected chi connectivity index (χ4v) is 2.51. The molecule has 1 aromatic heterocycles. The Kier molecular flexibility index (Phi) is 4.33. The maximum Gasteiger partial charge on any atom is 0.252 e. The molecule has 0 amide bonds. The van der Waals surface area contributed by atoms with Crippen LogP contribution in [-0.4, -0.2) is 29.4 Å². The van der Waals surface area contributed by atoms with E-state index in [-0.39, 0.29) is 6.10 Å². The Morgan fingerprint density at radius 1 is 1.26 bits per heavy atom. The van der Waals surface area contributed by atoms with Crippen LogP contribution < -0.4 is 10.1 Å². The minimum absolute atomic E-state index is 0.0715. The molecule has 102 valence electrons. The first kappa shape index (κ1) is 13.8. The van der Waals surface area contributed by atoms with Gasteiger partial charge in [0.1, 0.15) is 17.7 Å². The van der Waals surface area contributed by atoms with Gasteiger partial charge in [-0.05, 0) is 45.7 Å². The molecule has 5 heteroatoms. The number of nitrogens with zero attached hydrogens (tertiary/aromatic N) is 3. The highest BCUT2D eigenvalue weighted by Crippen LogP contribution is 2.26. The monoisotopic (exact) mass is 260 g/mol. The molecule has 2 rings (SSSR count). The third-order valence-electron chi connectivity index (χ3n) is 3.87. The first-order valence-electron chi connectivity index (χ1n) is 6.75. The van der Waals surface area contributed by atoms with Crippen LogP contribution in [0.3, 0.4) is 0 Å². The number of hydrogen-bond acceptors (Lipinski definition) is 5. The molecular weight excluding hydrogens is 240 g/mol. The molecule has 0 radical (unpaired) electrons. The Balaban J connectivity index is 2.23. The third-order valence-corrected chi connectivity index (χ3v) is 3.87. The van der Waals surface area contributed by atoms with Gasteiger partial charge in [-0.25, -0.2) is 0 Å². The van der Waals surface area contributed by atoms with Crippen LogP contribution >= 0.6 is 0 Å². The van der Waals surface area contributed by atoms with Crippen molar-refractivity contribution in [3.05, 3.63) is 16.8 Å². The SMILES string of the molecule is CNC1CCCCC1Oc1nnc(C)c(C)c1C#N. The number of nitriles is 1. The Labute approximate surface area is 114 Å². The molecule has 0 spiro atoms. The van der Waals surface area contributed by atoms with Crippen molar-refractivity contribution in [3.63, 3.8) is 0 Å². The topological polar surface area (TPSA) is 70.8 Å². The summed E-state index contributed by atoms with van der Waals surface area (Å²) in [4.78, 5) is 0. The van der Waals surface area contributed by atoms with E-state index in [4.69, 9.17) is 4.74 Å². The molecule has 2 unspecified atom stereocenters. The van der Waals surface area contributed by atoms with E-state index in [0.717, 1.165) is 30.5 Å². The highest BCUT2D eigenvalue weighted by molar-refractivity contribution is 5.45. The van der Waals surface area contributed by atoms with Gasteiger partial charge >= 0.3 is 0 Å². The predicted octanol–water partition coefficient (Wildman–Crippen LogP) is 1.87. The molecule has 0 saturated heterocycles. The quantitative estimate of drug-likeness (QED) is 0.898. The van der Waals surface area contributed by atoms with Crippen molar-refractivity contribution in [1.82, 2.24) is 15.5 Å². The Morgan fingerprint density at radius 2 is 2.00 bits per heavy atom. The van der Waals surface area contributed by atoms with E-state index in [1.807, 2.05) is 20.9 Å². The minimum Gasteiger partial charge on any atom is -0.471 e. The van der Waals surface area contributed by atoms with Gasteiger partial charge in [-0.3, -0.25) is 0 Å². The van der Waals surface area contributed by atoms with Crippen LogP contribution in [0.2, 0.25) is 0 Å². The standard InChI is InChI=1S/C14H20N4O/c1-9-10(2)17-18-14(11(9)8-15)19-13-7-5-4-6-12(13)16-3/h12-13,16H,4-7H2,1-3H3. The van der Waals surface area contributed by atoms with E-state index in [1.165, 1.54) is 6.42 Å². The Morgan fingerprint density at radius 3 is 2.68 bits per heavy atom. The zero-order valence-corrected chi connectivity index (χ0v) is 11.7. The van der Waals surface area contributed by atoms with Crippen molar-refractivity contribution in [3.8, 4) is 11.9 Å². The van der Waals surface area contributed by atoms with Crippen molar-refractivity contribution in [1.29, 1.82) is 5.26 Å².